The number of carbonyl (C=O) groups is 1. The van der Waals surface area contributed by atoms with Crippen molar-refractivity contribution in [3.8, 4) is 5.75 Å². The van der Waals surface area contributed by atoms with E-state index in [1.807, 2.05) is 36.4 Å². The molecule has 2 rings (SSSR count). The fourth-order valence-electron chi connectivity index (χ4n) is 1.58. The first kappa shape index (κ1) is 12.5. The fourth-order valence-corrected chi connectivity index (χ4v) is 2.64. The normalized spacial score (nSPS) is 10.1. The predicted octanol–water partition coefficient (Wildman–Crippen LogP) is 2.95. The fraction of sp³-hybridized carbons (Fsp3) is 0.0714. The lowest BCUT2D eigenvalue weighted by atomic mass is 10.2. The standard InChI is InChI=1S/C14H13NO2S/c1-17-11-7-3-5-9-13(11)18-12-8-4-2-6-10(12)14(15)16/h2-9H,1H3,(H2,15,16). The average Bonchev–Trinajstić information content (AvgIpc) is 2.40. The van der Waals surface area contributed by atoms with Crippen LogP contribution in [0.3, 0.4) is 0 Å². The van der Waals surface area contributed by atoms with Crippen LogP contribution in [0.15, 0.2) is 58.3 Å². The van der Waals surface area contributed by atoms with Gasteiger partial charge in [-0.2, -0.15) is 0 Å². The second-order valence-corrected chi connectivity index (χ2v) is 4.70. The number of ether oxygens (including phenoxy) is 1. The second-order valence-electron chi connectivity index (χ2n) is 3.61. The van der Waals surface area contributed by atoms with E-state index in [4.69, 9.17) is 10.5 Å². The van der Waals surface area contributed by atoms with Crippen molar-refractivity contribution in [1.82, 2.24) is 0 Å². The lowest BCUT2D eigenvalue weighted by molar-refractivity contribution is 0.0997. The molecule has 0 radical (unpaired) electrons. The zero-order valence-corrected chi connectivity index (χ0v) is 10.7. The summed E-state index contributed by atoms with van der Waals surface area (Å²) in [5.41, 5.74) is 5.88. The van der Waals surface area contributed by atoms with Crippen molar-refractivity contribution in [2.24, 2.45) is 5.73 Å². The van der Waals surface area contributed by atoms with Crippen LogP contribution in [0, 0.1) is 0 Å². The third-order valence-corrected chi connectivity index (χ3v) is 3.57. The molecule has 0 fully saturated rings. The van der Waals surface area contributed by atoms with Crippen molar-refractivity contribution < 1.29 is 9.53 Å². The highest BCUT2D eigenvalue weighted by Gasteiger charge is 2.10. The molecule has 0 aliphatic carbocycles. The van der Waals surface area contributed by atoms with Crippen LogP contribution in [0.1, 0.15) is 10.4 Å². The molecule has 2 N–H and O–H groups in total. The molecule has 0 spiro atoms. The Morgan fingerprint density at radius 3 is 2.33 bits per heavy atom. The van der Waals surface area contributed by atoms with Crippen molar-refractivity contribution >= 4 is 17.7 Å². The SMILES string of the molecule is COc1ccccc1Sc1ccccc1C(N)=O. The van der Waals surface area contributed by atoms with E-state index < -0.39 is 5.91 Å². The molecule has 0 atom stereocenters. The highest BCUT2D eigenvalue weighted by molar-refractivity contribution is 7.99. The zero-order chi connectivity index (χ0) is 13.0. The molecule has 0 bridgehead atoms. The molecule has 0 aliphatic rings. The number of hydrogen-bond donors (Lipinski definition) is 1. The Bertz CT molecular complexity index is 569. The number of carbonyl (C=O) groups excluding carboxylic acids is 1. The van der Waals surface area contributed by atoms with E-state index in [0.29, 0.717) is 5.56 Å². The van der Waals surface area contributed by atoms with Gasteiger partial charge in [0.15, 0.2) is 0 Å². The molecule has 0 heterocycles. The average molecular weight is 259 g/mol. The topological polar surface area (TPSA) is 52.3 Å². The van der Waals surface area contributed by atoms with Crippen molar-refractivity contribution in [1.29, 1.82) is 0 Å². The summed E-state index contributed by atoms with van der Waals surface area (Å²) in [6.45, 7) is 0. The molecular weight excluding hydrogens is 246 g/mol. The molecule has 0 aromatic heterocycles. The first-order valence-corrected chi connectivity index (χ1v) is 6.23. The van der Waals surface area contributed by atoms with Crippen LogP contribution in [-0.4, -0.2) is 13.0 Å². The van der Waals surface area contributed by atoms with Gasteiger partial charge in [0, 0.05) is 4.90 Å². The number of primary amides is 1. The largest absolute Gasteiger partial charge is 0.496 e. The smallest absolute Gasteiger partial charge is 0.249 e. The van der Waals surface area contributed by atoms with Gasteiger partial charge < -0.3 is 10.5 Å². The quantitative estimate of drug-likeness (QED) is 0.918. The Morgan fingerprint density at radius 2 is 1.67 bits per heavy atom. The van der Waals surface area contributed by atoms with Crippen molar-refractivity contribution in [3.63, 3.8) is 0 Å². The van der Waals surface area contributed by atoms with Gasteiger partial charge in [-0.3, -0.25) is 4.79 Å². The molecule has 18 heavy (non-hydrogen) atoms. The predicted molar refractivity (Wildman–Crippen MR) is 72.1 cm³/mol. The Hall–Kier alpha value is -1.94. The van der Waals surface area contributed by atoms with Gasteiger partial charge in [-0.05, 0) is 24.3 Å². The monoisotopic (exact) mass is 259 g/mol. The van der Waals surface area contributed by atoms with Gasteiger partial charge >= 0.3 is 0 Å². The van der Waals surface area contributed by atoms with Crippen molar-refractivity contribution in [2.45, 2.75) is 9.79 Å². The van der Waals surface area contributed by atoms with Gasteiger partial charge in [-0.1, -0.05) is 36.0 Å². The molecule has 0 unspecified atom stereocenters. The maximum Gasteiger partial charge on any atom is 0.249 e. The van der Waals surface area contributed by atoms with E-state index in [1.165, 1.54) is 11.8 Å². The summed E-state index contributed by atoms with van der Waals surface area (Å²) in [5.74, 6) is 0.356. The Morgan fingerprint density at radius 1 is 1.06 bits per heavy atom. The van der Waals surface area contributed by atoms with Crippen LogP contribution >= 0.6 is 11.8 Å². The second kappa shape index (κ2) is 5.60. The minimum absolute atomic E-state index is 0.423. The molecule has 0 saturated heterocycles. The highest BCUT2D eigenvalue weighted by atomic mass is 32.2. The number of benzene rings is 2. The number of para-hydroxylation sites is 1. The first-order chi connectivity index (χ1) is 8.72. The summed E-state index contributed by atoms with van der Waals surface area (Å²) in [5, 5.41) is 0. The summed E-state index contributed by atoms with van der Waals surface area (Å²) in [6, 6.07) is 14.9. The van der Waals surface area contributed by atoms with Gasteiger partial charge in [0.25, 0.3) is 0 Å². The summed E-state index contributed by atoms with van der Waals surface area (Å²) >= 11 is 1.47. The number of methoxy groups -OCH3 is 1. The molecule has 0 aliphatic heterocycles. The van der Waals surface area contributed by atoms with Gasteiger partial charge in [0.2, 0.25) is 5.91 Å². The third-order valence-electron chi connectivity index (χ3n) is 2.44. The summed E-state index contributed by atoms with van der Waals surface area (Å²) < 4.78 is 5.28. The number of rotatable bonds is 4. The van der Waals surface area contributed by atoms with E-state index >= 15 is 0 Å². The Kier molecular flexibility index (Phi) is 3.89. The van der Waals surface area contributed by atoms with Gasteiger partial charge in [-0.25, -0.2) is 0 Å². The molecule has 3 nitrogen and oxygen atoms in total. The van der Waals surface area contributed by atoms with Gasteiger partial charge in [0.05, 0.1) is 17.6 Å². The molecule has 92 valence electrons. The van der Waals surface area contributed by atoms with E-state index in [0.717, 1.165) is 15.5 Å². The van der Waals surface area contributed by atoms with Gasteiger partial charge in [-0.15, -0.1) is 0 Å². The number of hydrogen-bond acceptors (Lipinski definition) is 3. The number of amides is 1. The minimum atomic E-state index is -0.423. The van der Waals surface area contributed by atoms with Crippen LogP contribution in [-0.2, 0) is 0 Å². The molecule has 4 heteroatoms. The minimum Gasteiger partial charge on any atom is -0.496 e. The highest BCUT2D eigenvalue weighted by Crippen LogP contribution is 2.36. The van der Waals surface area contributed by atoms with Crippen molar-refractivity contribution in [3.05, 3.63) is 54.1 Å². The van der Waals surface area contributed by atoms with E-state index in [1.54, 1.807) is 19.2 Å². The van der Waals surface area contributed by atoms with E-state index in [-0.39, 0.29) is 0 Å². The molecule has 0 saturated carbocycles. The third kappa shape index (κ3) is 2.65. The first-order valence-electron chi connectivity index (χ1n) is 5.42. The molecule has 2 aromatic rings. The molecule has 1 amide bonds. The molecular formula is C14H13NO2S. The van der Waals surface area contributed by atoms with Crippen LogP contribution in [0.4, 0.5) is 0 Å². The zero-order valence-electron chi connectivity index (χ0n) is 9.92. The summed E-state index contributed by atoms with van der Waals surface area (Å²) in [6.07, 6.45) is 0. The van der Waals surface area contributed by atoms with E-state index in [2.05, 4.69) is 0 Å². The lowest BCUT2D eigenvalue weighted by Gasteiger charge is -2.09. The van der Waals surface area contributed by atoms with Crippen LogP contribution < -0.4 is 10.5 Å². The van der Waals surface area contributed by atoms with E-state index in [9.17, 15) is 4.79 Å². The summed E-state index contributed by atoms with van der Waals surface area (Å²) in [7, 11) is 1.62. The van der Waals surface area contributed by atoms with Gasteiger partial charge in [0.1, 0.15) is 5.75 Å². The molecule has 2 aromatic carbocycles. The Labute approximate surface area is 110 Å². The maximum atomic E-state index is 11.3. The van der Waals surface area contributed by atoms with Crippen LogP contribution in [0.25, 0.3) is 0 Å². The number of nitrogens with two attached hydrogens (primary N) is 1. The lowest BCUT2D eigenvalue weighted by Crippen LogP contribution is -2.11. The maximum absolute atomic E-state index is 11.3. The summed E-state index contributed by atoms with van der Waals surface area (Å²) in [4.78, 5) is 13.1. The van der Waals surface area contributed by atoms with Crippen LogP contribution in [0.2, 0.25) is 0 Å². The van der Waals surface area contributed by atoms with Crippen LogP contribution in [0.5, 0.6) is 5.75 Å². The van der Waals surface area contributed by atoms with Crippen molar-refractivity contribution in [2.75, 3.05) is 7.11 Å². The Balaban J connectivity index is 2.37.